The number of rotatable bonds is 1. The number of pyridine rings is 1. The molecular formula is C22H17N3O5. The van der Waals surface area contributed by atoms with Gasteiger partial charge in [-0.1, -0.05) is 18.2 Å². The maximum atomic E-state index is 13.4. The molecular weight excluding hydrogens is 386 g/mol. The van der Waals surface area contributed by atoms with Crippen LogP contribution in [0.4, 0.5) is 0 Å². The summed E-state index contributed by atoms with van der Waals surface area (Å²) in [5.41, 5.74) is 2.09. The first-order valence-electron chi connectivity index (χ1n) is 9.65. The van der Waals surface area contributed by atoms with Crippen LogP contribution in [0.2, 0.25) is 0 Å². The first kappa shape index (κ1) is 17.1. The summed E-state index contributed by atoms with van der Waals surface area (Å²) in [5.74, 6) is 0.729. The van der Waals surface area contributed by atoms with Gasteiger partial charge in [0.05, 0.1) is 23.8 Å². The van der Waals surface area contributed by atoms with E-state index >= 15 is 0 Å². The van der Waals surface area contributed by atoms with Gasteiger partial charge in [-0.3, -0.25) is 14.4 Å². The Bertz CT molecular complexity index is 1310. The minimum Gasteiger partial charge on any atom is -0.454 e. The Hall–Kier alpha value is -3.81. The molecule has 2 aromatic carbocycles. The number of para-hydroxylation sites is 1. The molecule has 2 atom stereocenters. The SMILES string of the molecule is CN1CC(=O)N2C(c3ccc4c(c3)OCO4)c3[nH]c4ccccc4c(=O)c3[C@@H]2C1=O. The number of nitrogens with one attached hydrogen (secondary N) is 1. The van der Waals surface area contributed by atoms with Crippen LogP contribution in [0.5, 0.6) is 11.5 Å². The van der Waals surface area contributed by atoms with Crippen molar-refractivity contribution in [3.05, 3.63) is 69.5 Å². The fourth-order valence-corrected chi connectivity index (χ4v) is 4.70. The third kappa shape index (κ3) is 2.13. The molecule has 3 aliphatic rings. The number of amides is 2. The number of H-pyrrole nitrogens is 1. The van der Waals surface area contributed by atoms with Crippen LogP contribution in [0.3, 0.4) is 0 Å². The summed E-state index contributed by atoms with van der Waals surface area (Å²) in [7, 11) is 1.58. The number of fused-ring (bicyclic) bond motifs is 5. The molecule has 1 aromatic heterocycles. The average Bonchev–Trinajstić information content (AvgIpc) is 3.34. The number of carbonyl (C=O) groups excluding carboxylic acids is 2. The van der Waals surface area contributed by atoms with Gasteiger partial charge in [-0.05, 0) is 29.8 Å². The number of nitrogens with zero attached hydrogens (tertiary/aromatic N) is 2. The topological polar surface area (TPSA) is 91.9 Å². The molecule has 0 radical (unpaired) electrons. The van der Waals surface area contributed by atoms with E-state index in [1.807, 2.05) is 24.3 Å². The fraction of sp³-hybridized carbons (Fsp3) is 0.227. The summed E-state index contributed by atoms with van der Waals surface area (Å²) in [6.07, 6.45) is 0. The van der Waals surface area contributed by atoms with E-state index < -0.39 is 12.1 Å². The number of benzene rings is 2. The van der Waals surface area contributed by atoms with Crippen molar-refractivity contribution in [3.63, 3.8) is 0 Å². The van der Waals surface area contributed by atoms with E-state index in [9.17, 15) is 14.4 Å². The van der Waals surface area contributed by atoms with Crippen molar-refractivity contribution in [1.29, 1.82) is 0 Å². The van der Waals surface area contributed by atoms with E-state index in [2.05, 4.69) is 4.98 Å². The quantitative estimate of drug-likeness (QED) is 0.668. The highest BCUT2D eigenvalue weighted by molar-refractivity contribution is 5.98. The molecule has 1 saturated heterocycles. The summed E-state index contributed by atoms with van der Waals surface area (Å²) in [5, 5.41) is 0.496. The van der Waals surface area contributed by atoms with Gasteiger partial charge in [0.2, 0.25) is 18.6 Å². The van der Waals surface area contributed by atoms with E-state index in [0.717, 1.165) is 5.56 Å². The number of piperazine rings is 1. The Balaban J connectivity index is 1.65. The summed E-state index contributed by atoms with van der Waals surface area (Å²) in [6, 6.07) is 11.1. The zero-order chi connectivity index (χ0) is 20.6. The molecule has 30 heavy (non-hydrogen) atoms. The predicted molar refractivity (Wildman–Crippen MR) is 106 cm³/mol. The van der Waals surface area contributed by atoms with Crippen LogP contribution in [-0.4, -0.2) is 47.0 Å². The van der Waals surface area contributed by atoms with E-state index in [1.165, 1.54) is 9.80 Å². The molecule has 1 unspecified atom stereocenters. The predicted octanol–water partition coefficient (Wildman–Crippen LogP) is 1.70. The van der Waals surface area contributed by atoms with Gasteiger partial charge in [-0.2, -0.15) is 0 Å². The third-order valence-corrected chi connectivity index (χ3v) is 6.06. The van der Waals surface area contributed by atoms with Crippen LogP contribution in [0.1, 0.15) is 28.9 Å². The van der Waals surface area contributed by atoms with Crippen LogP contribution in [0.25, 0.3) is 10.9 Å². The molecule has 0 aliphatic carbocycles. The number of carbonyl (C=O) groups is 2. The second-order valence-electron chi connectivity index (χ2n) is 7.74. The van der Waals surface area contributed by atoms with Crippen LogP contribution >= 0.6 is 0 Å². The maximum Gasteiger partial charge on any atom is 0.250 e. The van der Waals surface area contributed by atoms with Crippen LogP contribution < -0.4 is 14.9 Å². The molecule has 0 saturated carbocycles. The van der Waals surface area contributed by atoms with Crippen molar-refractivity contribution >= 4 is 22.7 Å². The molecule has 150 valence electrons. The van der Waals surface area contributed by atoms with E-state index in [0.29, 0.717) is 33.7 Å². The molecule has 1 fully saturated rings. The molecule has 1 N–H and O–H groups in total. The molecule has 8 heteroatoms. The molecule has 0 spiro atoms. The summed E-state index contributed by atoms with van der Waals surface area (Å²) >= 11 is 0. The van der Waals surface area contributed by atoms with Crippen LogP contribution in [0, 0.1) is 0 Å². The minimum absolute atomic E-state index is 0.0297. The molecule has 2 amide bonds. The van der Waals surface area contributed by atoms with Gasteiger partial charge in [0, 0.05) is 18.0 Å². The van der Waals surface area contributed by atoms with Gasteiger partial charge in [0.1, 0.15) is 6.04 Å². The number of ether oxygens (including phenoxy) is 2. The van der Waals surface area contributed by atoms with Crippen molar-refractivity contribution in [2.45, 2.75) is 12.1 Å². The first-order chi connectivity index (χ1) is 14.5. The lowest BCUT2D eigenvalue weighted by Crippen LogP contribution is -2.53. The van der Waals surface area contributed by atoms with E-state index in [4.69, 9.17) is 9.47 Å². The van der Waals surface area contributed by atoms with Crippen molar-refractivity contribution in [3.8, 4) is 11.5 Å². The second kappa shape index (κ2) is 5.85. The number of aromatic amines is 1. The molecule has 4 heterocycles. The van der Waals surface area contributed by atoms with Gasteiger partial charge in [-0.25, -0.2) is 0 Å². The number of aromatic nitrogens is 1. The first-order valence-corrected chi connectivity index (χ1v) is 9.65. The standard InChI is InChI=1S/C22H17N3O5/c1-24-9-16(26)25-19(11-6-7-14-15(8-11)30-10-29-14)18-17(20(25)22(24)28)21(27)12-4-2-3-5-13(12)23-18/h2-8,19-20H,9-10H2,1H3,(H,23,27)/t19?,20-/m1/s1. The van der Waals surface area contributed by atoms with Gasteiger partial charge in [-0.15, -0.1) is 0 Å². The molecule has 3 aromatic rings. The Morgan fingerprint density at radius 2 is 1.80 bits per heavy atom. The maximum absolute atomic E-state index is 13.4. The number of likely N-dealkylation sites (N-methyl/N-ethyl adjacent to an activating group) is 1. The molecule has 3 aliphatic heterocycles. The Morgan fingerprint density at radius 3 is 2.67 bits per heavy atom. The van der Waals surface area contributed by atoms with E-state index in [1.54, 1.807) is 25.2 Å². The monoisotopic (exact) mass is 403 g/mol. The van der Waals surface area contributed by atoms with Gasteiger partial charge in [0.25, 0.3) is 0 Å². The normalized spacial score (nSPS) is 21.9. The van der Waals surface area contributed by atoms with E-state index in [-0.39, 0.29) is 30.6 Å². The van der Waals surface area contributed by atoms with Crippen molar-refractivity contribution < 1.29 is 19.1 Å². The highest BCUT2D eigenvalue weighted by atomic mass is 16.7. The summed E-state index contributed by atoms with van der Waals surface area (Å²) in [6.45, 7) is 0.105. The lowest BCUT2D eigenvalue weighted by molar-refractivity contribution is -0.155. The van der Waals surface area contributed by atoms with Crippen molar-refractivity contribution in [1.82, 2.24) is 14.8 Å². The smallest absolute Gasteiger partial charge is 0.250 e. The molecule has 0 bridgehead atoms. The largest absolute Gasteiger partial charge is 0.454 e. The Labute approximate surface area is 170 Å². The highest BCUT2D eigenvalue weighted by Crippen LogP contribution is 2.47. The van der Waals surface area contributed by atoms with Gasteiger partial charge in [0.15, 0.2) is 16.9 Å². The van der Waals surface area contributed by atoms with Gasteiger partial charge < -0.3 is 24.3 Å². The Morgan fingerprint density at radius 1 is 1.00 bits per heavy atom. The summed E-state index contributed by atoms with van der Waals surface area (Å²) in [4.78, 5) is 45.9. The van der Waals surface area contributed by atoms with Crippen molar-refractivity contribution in [2.24, 2.45) is 0 Å². The molecule has 8 nitrogen and oxygen atoms in total. The minimum atomic E-state index is -0.949. The van der Waals surface area contributed by atoms with Gasteiger partial charge >= 0.3 is 0 Å². The summed E-state index contributed by atoms with van der Waals surface area (Å²) < 4.78 is 10.9. The zero-order valence-corrected chi connectivity index (χ0v) is 16.0. The highest BCUT2D eigenvalue weighted by Gasteiger charge is 2.52. The third-order valence-electron chi connectivity index (χ3n) is 6.06. The second-order valence-corrected chi connectivity index (χ2v) is 7.74. The Kier molecular flexibility index (Phi) is 3.33. The average molecular weight is 403 g/mol. The lowest BCUT2D eigenvalue weighted by atomic mass is 9.99. The van der Waals surface area contributed by atoms with Crippen LogP contribution in [0.15, 0.2) is 47.3 Å². The van der Waals surface area contributed by atoms with Crippen molar-refractivity contribution in [2.75, 3.05) is 20.4 Å². The lowest BCUT2D eigenvalue weighted by Gasteiger charge is -2.37. The molecule has 6 rings (SSSR count). The van der Waals surface area contributed by atoms with Crippen LogP contribution in [-0.2, 0) is 9.59 Å². The fourth-order valence-electron chi connectivity index (χ4n) is 4.70. The zero-order valence-electron chi connectivity index (χ0n) is 16.0. The number of hydrogen-bond acceptors (Lipinski definition) is 5. The number of hydrogen-bond donors (Lipinski definition) is 1.